The Bertz CT molecular complexity index is 1030. The third-order valence-electron chi connectivity index (χ3n) is 4.55. The number of aryl methyl sites for hydroxylation is 1. The molecule has 2 aromatic heterocycles. The zero-order chi connectivity index (χ0) is 19.6. The number of nitrogens with one attached hydrogen (secondary N) is 1. The SMILES string of the molecule is Cc1ccc(S(=O)(=O)Nc2cnc(N3CCN(c4ccccc4)CC3)nc2)s1. The summed E-state index contributed by atoms with van der Waals surface area (Å²) in [6, 6.07) is 13.7. The van der Waals surface area contributed by atoms with Crippen molar-refractivity contribution in [2.24, 2.45) is 0 Å². The lowest BCUT2D eigenvalue weighted by atomic mass is 10.2. The molecule has 1 aromatic carbocycles. The molecule has 0 atom stereocenters. The second kappa shape index (κ2) is 7.76. The number of thiophene rings is 1. The summed E-state index contributed by atoms with van der Waals surface area (Å²) in [7, 11) is -3.60. The number of hydrogen-bond donors (Lipinski definition) is 1. The van der Waals surface area contributed by atoms with Crippen LogP contribution in [0, 0.1) is 6.92 Å². The highest BCUT2D eigenvalue weighted by atomic mass is 32.2. The molecule has 0 saturated carbocycles. The van der Waals surface area contributed by atoms with Gasteiger partial charge in [-0.15, -0.1) is 11.3 Å². The van der Waals surface area contributed by atoms with Gasteiger partial charge in [0, 0.05) is 36.7 Å². The normalized spacial score (nSPS) is 14.9. The summed E-state index contributed by atoms with van der Waals surface area (Å²) >= 11 is 1.23. The summed E-state index contributed by atoms with van der Waals surface area (Å²) in [5.74, 6) is 0.614. The van der Waals surface area contributed by atoms with E-state index in [0.717, 1.165) is 31.1 Å². The van der Waals surface area contributed by atoms with Crippen molar-refractivity contribution in [3.8, 4) is 0 Å². The van der Waals surface area contributed by atoms with E-state index >= 15 is 0 Å². The van der Waals surface area contributed by atoms with Gasteiger partial charge in [0.25, 0.3) is 10.0 Å². The van der Waals surface area contributed by atoms with Gasteiger partial charge in [-0.2, -0.15) is 0 Å². The maximum Gasteiger partial charge on any atom is 0.271 e. The number of aromatic nitrogens is 2. The van der Waals surface area contributed by atoms with E-state index < -0.39 is 10.0 Å². The van der Waals surface area contributed by atoms with E-state index in [2.05, 4.69) is 36.6 Å². The first kappa shape index (κ1) is 18.7. The van der Waals surface area contributed by atoms with Crippen molar-refractivity contribution in [2.45, 2.75) is 11.1 Å². The largest absolute Gasteiger partial charge is 0.368 e. The van der Waals surface area contributed by atoms with Crippen LogP contribution in [0.1, 0.15) is 4.88 Å². The minimum absolute atomic E-state index is 0.283. The molecule has 0 aliphatic carbocycles. The van der Waals surface area contributed by atoms with Gasteiger partial charge < -0.3 is 9.80 Å². The molecule has 1 aliphatic heterocycles. The summed E-state index contributed by atoms with van der Waals surface area (Å²) in [6.07, 6.45) is 3.04. The quantitative estimate of drug-likeness (QED) is 0.690. The van der Waals surface area contributed by atoms with E-state index in [1.807, 2.05) is 25.1 Å². The predicted molar refractivity (Wildman–Crippen MR) is 113 cm³/mol. The third-order valence-corrected chi connectivity index (χ3v) is 7.43. The Kier molecular flexibility index (Phi) is 5.19. The fourth-order valence-corrected chi connectivity index (χ4v) is 5.41. The molecular weight excluding hydrogens is 394 g/mol. The summed E-state index contributed by atoms with van der Waals surface area (Å²) < 4.78 is 27.6. The number of hydrogen-bond acceptors (Lipinski definition) is 7. The molecule has 1 aliphatic rings. The smallest absolute Gasteiger partial charge is 0.271 e. The standard InChI is InChI=1S/C19H21N5O2S2/c1-15-7-8-18(27-15)28(25,26)22-16-13-20-19(21-14-16)24-11-9-23(10-12-24)17-5-3-2-4-6-17/h2-8,13-14,22H,9-12H2,1H3. The number of anilines is 3. The molecule has 1 N–H and O–H groups in total. The first-order chi connectivity index (χ1) is 13.5. The number of piperazine rings is 1. The van der Waals surface area contributed by atoms with E-state index in [-0.39, 0.29) is 4.21 Å². The predicted octanol–water partition coefficient (Wildman–Crippen LogP) is 2.97. The second-order valence-corrected chi connectivity index (χ2v) is 9.75. The van der Waals surface area contributed by atoms with Crippen molar-refractivity contribution >= 4 is 38.7 Å². The molecular formula is C19H21N5O2S2. The van der Waals surface area contributed by atoms with Gasteiger partial charge in [-0.3, -0.25) is 4.72 Å². The first-order valence-corrected chi connectivity index (χ1v) is 11.3. The molecule has 9 heteroatoms. The summed E-state index contributed by atoms with van der Waals surface area (Å²) in [6.45, 7) is 5.28. The van der Waals surface area contributed by atoms with Crippen molar-refractivity contribution in [3.05, 3.63) is 59.7 Å². The fourth-order valence-electron chi connectivity index (χ4n) is 3.10. The van der Waals surface area contributed by atoms with Crippen LogP contribution in [0.25, 0.3) is 0 Å². The zero-order valence-electron chi connectivity index (χ0n) is 15.4. The van der Waals surface area contributed by atoms with Crippen LogP contribution in [0.2, 0.25) is 0 Å². The van der Waals surface area contributed by atoms with Crippen LogP contribution in [0.3, 0.4) is 0 Å². The van der Waals surface area contributed by atoms with E-state index in [1.54, 1.807) is 12.1 Å². The molecule has 1 saturated heterocycles. The Hall–Kier alpha value is -2.65. The lowest BCUT2D eigenvalue weighted by Crippen LogP contribution is -2.47. The molecule has 0 radical (unpaired) electrons. The summed E-state index contributed by atoms with van der Waals surface area (Å²) in [5, 5.41) is 0. The average Bonchev–Trinajstić information content (AvgIpc) is 3.17. The van der Waals surface area contributed by atoms with Crippen LogP contribution in [0.5, 0.6) is 0 Å². The van der Waals surface area contributed by atoms with Crippen LogP contribution >= 0.6 is 11.3 Å². The zero-order valence-corrected chi connectivity index (χ0v) is 17.1. The van der Waals surface area contributed by atoms with Crippen molar-refractivity contribution in [3.63, 3.8) is 0 Å². The van der Waals surface area contributed by atoms with Gasteiger partial charge in [0.2, 0.25) is 5.95 Å². The minimum Gasteiger partial charge on any atom is -0.368 e. The molecule has 0 spiro atoms. The van der Waals surface area contributed by atoms with Crippen LogP contribution in [-0.2, 0) is 10.0 Å². The van der Waals surface area contributed by atoms with Crippen molar-refractivity contribution in [1.82, 2.24) is 9.97 Å². The topological polar surface area (TPSA) is 78.4 Å². The maximum atomic E-state index is 12.4. The number of benzene rings is 1. The molecule has 28 heavy (non-hydrogen) atoms. The van der Waals surface area contributed by atoms with Crippen LogP contribution in [0.15, 0.2) is 59.1 Å². The van der Waals surface area contributed by atoms with Crippen LogP contribution in [-0.4, -0.2) is 44.6 Å². The molecule has 0 amide bonds. The molecule has 4 rings (SSSR count). The molecule has 1 fully saturated rings. The summed E-state index contributed by atoms with van der Waals surface area (Å²) in [5.41, 5.74) is 1.58. The van der Waals surface area contributed by atoms with Crippen molar-refractivity contribution in [1.29, 1.82) is 0 Å². The highest BCUT2D eigenvalue weighted by molar-refractivity contribution is 7.94. The van der Waals surface area contributed by atoms with Gasteiger partial charge in [0.15, 0.2) is 0 Å². The number of nitrogens with zero attached hydrogens (tertiary/aromatic N) is 4. The molecule has 7 nitrogen and oxygen atoms in total. The Morgan fingerprint density at radius 2 is 1.57 bits per heavy atom. The van der Waals surface area contributed by atoms with Gasteiger partial charge in [-0.25, -0.2) is 18.4 Å². The van der Waals surface area contributed by atoms with Crippen LogP contribution < -0.4 is 14.5 Å². The maximum absolute atomic E-state index is 12.4. The average molecular weight is 416 g/mol. The van der Waals surface area contributed by atoms with Gasteiger partial charge in [-0.05, 0) is 31.2 Å². The number of para-hydroxylation sites is 1. The lowest BCUT2D eigenvalue weighted by Gasteiger charge is -2.36. The van der Waals surface area contributed by atoms with Gasteiger partial charge >= 0.3 is 0 Å². The van der Waals surface area contributed by atoms with Gasteiger partial charge in [0.05, 0.1) is 18.1 Å². The Labute approximate surface area is 168 Å². The molecule has 0 bridgehead atoms. The summed E-state index contributed by atoms with van der Waals surface area (Å²) in [4.78, 5) is 14.1. The first-order valence-electron chi connectivity index (χ1n) is 8.97. The van der Waals surface area contributed by atoms with Gasteiger partial charge in [-0.1, -0.05) is 18.2 Å². The molecule has 3 aromatic rings. The molecule has 3 heterocycles. The number of sulfonamides is 1. The molecule has 146 valence electrons. The van der Waals surface area contributed by atoms with Crippen molar-refractivity contribution < 1.29 is 8.42 Å². The number of rotatable bonds is 5. The van der Waals surface area contributed by atoms with Gasteiger partial charge in [0.1, 0.15) is 4.21 Å². The Morgan fingerprint density at radius 1 is 0.929 bits per heavy atom. The van der Waals surface area contributed by atoms with E-state index in [0.29, 0.717) is 11.6 Å². The lowest BCUT2D eigenvalue weighted by molar-refractivity contribution is 0.603. The molecule has 0 unspecified atom stereocenters. The highest BCUT2D eigenvalue weighted by Gasteiger charge is 2.20. The second-order valence-electron chi connectivity index (χ2n) is 6.55. The van der Waals surface area contributed by atoms with E-state index in [1.165, 1.54) is 29.4 Å². The third kappa shape index (κ3) is 4.10. The fraction of sp³-hybridized carbons (Fsp3) is 0.263. The highest BCUT2D eigenvalue weighted by Crippen LogP contribution is 2.23. The van der Waals surface area contributed by atoms with Crippen molar-refractivity contribution in [2.75, 3.05) is 40.7 Å². The monoisotopic (exact) mass is 415 g/mol. The Balaban J connectivity index is 1.39. The minimum atomic E-state index is -3.60. The van der Waals surface area contributed by atoms with E-state index in [4.69, 9.17) is 0 Å². The Morgan fingerprint density at radius 3 is 2.18 bits per heavy atom. The van der Waals surface area contributed by atoms with Crippen LogP contribution in [0.4, 0.5) is 17.3 Å². The van der Waals surface area contributed by atoms with E-state index in [9.17, 15) is 8.42 Å².